The van der Waals surface area contributed by atoms with Crippen molar-refractivity contribution in [3.63, 3.8) is 0 Å². The fourth-order valence-electron chi connectivity index (χ4n) is 2.77. The van der Waals surface area contributed by atoms with Crippen LogP contribution in [0.3, 0.4) is 0 Å². The van der Waals surface area contributed by atoms with Crippen molar-refractivity contribution in [1.82, 2.24) is 4.90 Å². The highest BCUT2D eigenvalue weighted by Gasteiger charge is 2.27. The lowest BCUT2D eigenvalue weighted by molar-refractivity contribution is 0.0697. The van der Waals surface area contributed by atoms with Crippen LogP contribution in [0.5, 0.6) is 0 Å². The van der Waals surface area contributed by atoms with Crippen molar-refractivity contribution < 1.29 is 9.90 Å². The van der Waals surface area contributed by atoms with Crippen LogP contribution in [0.1, 0.15) is 28.8 Å². The van der Waals surface area contributed by atoms with E-state index in [9.17, 15) is 10.1 Å². The van der Waals surface area contributed by atoms with E-state index >= 15 is 0 Å². The van der Waals surface area contributed by atoms with Gasteiger partial charge in [-0.3, -0.25) is 0 Å². The lowest BCUT2D eigenvalue weighted by Gasteiger charge is -2.29. The third kappa shape index (κ3) is 2.91. The molecule has 1 N–H and O–H groups in total. The lowest BCUT2D eigenvalue weighted by Crippen LogP contribution is -2.37. The molecule has 0 spiro atoms. The maximum Gasteiger partial charge on any atom is 0.335 e. The minimum Gasteiger partial charge on any atom is -0.478 e. The standard InChI is InChI=1S/C15H19N3O2/c1-17(2)10-13-4-3-7-18(13)14-6-5-11(15(19)20)8-12(14)9-16/h5-6,8,13H,3-4,7,10H2,1-2H3,(H,19,20). The third-order valence-electron chi connectivity index (χ3n) is 3.63. The third-order valence-corrected chi connectivity index (χ3v) is 3.63. The van der Waals surface area contributed by atoms with Gasteiger partial charge in [0.1, 0.15) is 6.07 Å². The van der Waals surface area contributed by atoms with E-state index in [2.05, 4.69) is 15.9 Å². The number of nitriles is 1. The molecule has 0 aliphatic carbocycles. The monoisotopic (exact) mass is 273 g/mol. The quantitative estimate of drug-likeness (QED) is 0.905. The van der Waals surface area contributed by atoms with E-state index in [0.717, 1.165) is 31.6 Å². The smallest absolute Gasteiger partial charge is 0.335 e. The highest BCUT2D eigenvalue weighted by molar-refractivity contribution is 5.89. The minimum atomic E-state index is -1.00. The van der Waals surface area contributed by atoms with Crippen molar-refractivity contribution in [1.29, 1.82) is 5.26 Å². The molecule has 1 aliphatic rings. The maximum absolute atomic E-state index is 11.0. The molecule has 0 bridgehead atoms. The van der Waals surface area contributed by atoms with Crippen LogP contribution in [0.15, 0.2) is 18.2 Å². The number of carboxylic acids is 1. The minimum absolute atomic E-state index is 0.161. The second-order valence-corrected chi connectivity index (χ2v) is 5.40. The molecule has 5 heteroatoms. The number of likely N-dealkylation sites (N-methyl/N-ethyl adjacent to an activating group) is 1. The van der Waals surface area contributed by atoms with Crippen molar-refractivity contribution in [3.8, 4) is 6.07 Å². The van der Waals surface area contributed by atoms with Gasteiger partial charge in [0.25, 0.3) is 0 Å². The number of hydrogen-bond acceptors (Lipinski definition) is 4. The number of nitrogens with zero attached hydrogens (tertiary/aromatic N) is 3. The topological polar surface area (TPSA) is 67.6 Å². The van der Waals surface area contributed by atoms with E-state index in [4.69, 9.17) is 5.11 Å². The summed E-state index contributed by atoms with van der Waals surface area (Å²) in [5, 5.41) is 18.3. The van der Waals surface area contributed by atoms with Crippen LogP contribution in [0, 0.1) is 11.3 Å². The van der Waals surface area contributed by atoms with E-state index in [0.29, 0.717) is 11.6 Å². The van der Waals surface area contributed by atoms with Crippen molar-refractivity contribution >= 4 is 11.7 Å². The molecule has 1 saturated heterocycles. The Morgan fingerprint density at radius 3 is 2.90 bits per heavy atom. The summed E-state index contributed by atoms with van der Waals surface area (Å²) in [7, 11) is 4.07. The molecule has 0 aromatic heterocycles. The average molecular weight is 273 g/mol. The van der Waals surface area contributed by atoms with Crippen LogP contribution in [0.2, 0.25) is 0 Å². The zero-order valence-electron chi connectivity index (χ0n) is 11.8. The molecule has 1 aromatic carbocycles. The second kappa shape index (κ2) is 5.93. The van der Waals surface area contributed by atoms with Gasteiger partial charge in [-0.05, 0) is 45.1 Å². The molecule has 0 saturated carbocycles. The number of benzene rings is 1. The number of anilines is 1. The van der Waals surface area contributed by atoms with E-state index in [1.165, 1.54) is 6.07 Å². The van der Waals surface area contributed by atoms with Crippen molar-refractivity contribution in [2.45, 2.75) is 18.9 Å². The van der Waals surface area contributed by atoms with Crippen LogP contribution in [0.25, 0.3) is 0 Å². The van der Waals surface area contributed by atoms with Gasteiger partial charge in [-0.25, -0.2) is 4.79 Å². The Kier molecular flexibility index (Phi) is 4.26. The van der Waals surface area contributed by atoms with Gasteiger partial charge in [0.05, 0.1) is 16.8 Å². The number of hydrogen-bond donors (Lipinski definition) is 1. The summed E-state index contributed by atoms with van der Waals surface area (Å²) in [6.07, 6.45) is 2.20. The molecule has 1 heterocycles. The summed E-state index contributed by atoms with van der Waals surface area (Å²) in [6.45, 7) is 1.85. The molecular weight excluding hydrogens is 254 g/mol. The Labute approximate surface area is 119 Å². The average Bonchev–Trinajstić information content (AvgIpc) is 2.84. The number of carbonyl (C=O) groups is 1. The first-order valence-corrected chi connectivity index (χ1v) is 6.71. The SMILES string of the molecule is CN(C)CC1CCCN1c1ccc(C(=O)O)cc1C#N. The fourth-order valence-corrected chi connectivity index (χ4v) is 2.77. The van der Waals surface area contributed by atoms with Gasteiger partial charge in [-0.1, -0.05) is 0 Å². The Balaban J connectivity index is 2.32. The molecule has 1 aliphatic heterocycles. The molecule has 0 radical (unpaired) electrons. The van der Waals surface area contributed by atoms with Gasteiger partial charge in [0, 0.05) is 19.1 Å². The van der Waals surface area contributed by atoms with Crippen molar-refractivity contribution in [2.75, 3.05) is 32.1 Å². The van der Waals surface area contributed by atoms with Gasteiger partial charge in [0.15, 0.2) is 0 Å². The van der Waals surface area contributed by atoms with E-state index in [1.807, 2.05) is 14.1 Å². The summed E-state index contributed by atoms with van der Waals surface area (Å²) >= 11 is 0. The van der Waals surface area contributed by atoms with Crippen LogP contribution in [-0.2, 0) is 0 Å². The highest BCUT2D eigenvalue weighted by atomic mass is 16.4. The molecule has 2 rings (SSSR count). The van der Waals surface area contributed by atoms with Gasteiger partial charge in [0.2, 0.25) is 0 Å². The van der Waals surface area contributed by atoms with Crippen LogP contribution in [0.4, 0.5) is 5.69 Å². The fraction of sp³-hybridized carbons (Fsp3) is 0.467. The predicted molar refractivity (Wildman–Crippen MR) is 77.0 cm³/mol. The lowest BCUT2D eigenvalue weighted by atomic mass is 10.1. The Morgan fingerprint density at radius 1 is 1.55 bits per heavy atom. The number of aromatic carboxylic acids is 1. The van der Waals surface area contributed by atoms with Gasteiger partial charge in [-0.15, -0.1) is 0 Å². The molecular formula is C15H19N3O2. The summed E-state index contributed by atoms with van der Waals surface area (Å²) in [6, 6.07) is 7.30. The first kappa shape index (κ1) is 14.4. The van der Waals surface area contributed by atoms with Crippen LogP contribution < -0.4 is 4.90 Å². The largest absolute Gasteiger partial charge is 0.478 e. The van der Waals surface area contributed by atoms with E-state index in [-0.39, 0.29) is 5.56 Å². The van der Waals surface area contributed by atoms with Crippen molar-refractivity contribution in [2.24, 2.45) is 0 Å². The van der Waals surface area contributed by atoms with Crippen LogP contribution in [-0.4, -0.2) is 49.2 Å². The Morgan fingerprint density at radius 2 is 2.30 bits per heavy atom. The van der Waals surface area contributed by atoms with E-state index < -0.39 is 5.97 Å². The van der Waals surface area contributed by atoms with Gasteiger partial charge in [-0.2, -0.15) is 5.26 Å². The van der Waals surface area contributed by atoms with Crippen molar-refractivity contribution in [3.05, 3.63) is 29.3 Å². The predicted octanol–water partition coefficient (Wildman–Crippen LogP) is 1.79. The number of carboxylic acid groups (broad SMARTS) is 1. The van der Waals surface area contributed by atoms with Crippen LogP contribution >= 0.6 is 0 Å². The zero-order chi connectivity index (χ0) is 14.7. The Bertz CT molecular complexity index is 549. The molecule has 5 nitrogen and oxygen atoms in total. The zero-order valence-corrected chi connectivity index (χ0v) is 11.8. The highest BCUT2D eigenvalue weighted by Crippen LogP contribution is 2.29. The molecule has 106 valence electrons. The molecule has 0 amide bonds. The van der Waals surface area contributed by atoms with E-state index in [1.54, 1.807) is 12.1 Å². The summed E-state index contributed by atoms with van der Waals surface area (Å²) in [4.78, 5) is 15.3. The summed E-state index contributed by atoms with van der Waals surface area (Å²) in [5.74, 6) is -1.00. The first-order chi connectivity index (χ1) is 9.52. The molecule has 20 heavy (non-hydrogen) atoms. The van der Waals surface area contributed by atoms with Gasteiger partial charge < -0.3 is 14.9 Å². The molecule has 1 atom stereocenters. The molecule has 1 aromatic rings. The normalized spacial score (nSPS) is 18.3. The molecule has 1 fully saturated rings. The number of rotatable bonds is 4. The second-order valence-electron chi connectivity index (χ2n) is 5.40. The summed E-state index contributed by atoms with van der Waals surface area (Å²) in [5.41, 5.74) is 1.45. The summed E-state index contributed by atoms with van der Waals surface area (Å²) < 4.78 is 0. The molecule has 1 unspecified atom stereocenters. The maximum atomic E-state index is 11.0. The Hall–Kier alpha value is -2.06. The first-order valence-electron chi connectivity index (χ1n) is 6.71. The van der Waals surface area contributed by atoms with Gasteiger partial charge >= 0.3 is 5.97 Å².